The van der Waals surface area contributed by atoms with Gasteiger partial charge in [-0.1, -0.05) is 61.2 Å². The van der Waals surface area contributed by atoms with Gasteiger partial charge in [-0.2, -0.15) is 5.26 Å². The van der Waals surface area contributed by atoms with E-state index in [0.717, 1.165) is 31.2 Å². The van der Waals surface area contributed by atoms with Gasteiger partial charge in [0.2, 0.25) is 0 Å². The van der Waals surface area contributed by atoms with Gasteiger partial charge in [0.25, 0.3) is 5.91 Å². The first-order valence-corrected chi connectivity index (χ1v) is 7.92. The van der Waals surface area contributed by atoms with Gasteiger partial charge in [-0.3, -0.25) is 4.79 Å². The molecule has 0 aromatic heterocycles. The number of hydrogen-bond donors (Lipinski definition) is 1. The van der Waals surface area contributed by atoms with E-state index in [0.29, 0.717) is 5.03 Å². The van der Waals surface area contributed by atoms with Crippen LogP contribution in [0.15, 0.2) is 47.0 Å². The third-order valence-corrected chi connectivity index (χ3v) is 3.91. The van der Waals surface area contributed by atoms with Crippen molar-refractivity contribution in [1.82, 2.24) is 5.32 Å². The minimum absolute atomic E-state index is 0.0442. The maximum absolute atomic E-state index is 12.1. The molecule has 1 aliphatic carbocycles. The van der Waals surface area contributed by atoms with Crippen molar-refractivity contribution in [3.05, 3.63) is 52.6 Å². The summed E-state index contributed by atoms with van der Waals surface area (Å²) in [5.74, 6) is -0.339. The monoisotopic (exact) mass is 314 g/mol. The molecule has 1 aromatic rings. The van der Waals surface area contributed by atoms with Gasteiger partial charge in [-0.05, 0) is 30.6 Å². The van der Waals surface area contributed by atoms with Crippen LogP contribution in [0.5, 0.6) is 0 Å². The number of nitrogens with one attached hydrogen (secondary N) is 1. The summed E-state index contributed by atoms with van der Waals surface area (Å²) in [6.07, 6.45) is 8.60. The van der Waals surface area contributed by atoms with E-state index in [9.17, 15) is 10.1 Å². The molecule has 0 radical (unpaired) electrons. The number of benzene rings is 1. The Kier molecular flexibility index (Phi) is 6.24. The summed E-state index contributed by atoms with van der Waals surface area (Å²) in [6.45, 7) is 0. The van der Waals surface area contributed by atoms with Crippen LogP contribution in [-0.4, -0.2) is 11.9 Å². The Hall–Kier alpha value is -2.05. The largest absolute Gasteiger partial charge is 0.349 e. The third kappa shape index (κ3) is 5.05. The highest BCUT2D eigenvalue weighted by atomic mass is 35.5. The smallest absolute Gasteiger partial charge is 0.262 e. The first-order valence-electron chi connectivity index (χ1n) is 7.54. The Morgan fingerprint density at radius 3 is 2.55 bits per heavy atom. The van der Waals surface area contributed by atoms with E-state index in [1.807, 2.05) is 36.4 Å². The zero-order valence-corrected chi connectivity index (χ0v) is 13.1. The second-order valence-electron chi connectivity index (χ2n) is 5.42. The fraction of sp³-hybridized carbons (Fsp3) is 0.333. The zero-order chi connectivity index (χ0) is 15.8. The van der Waals surface area contributed by atoms with Crippen LogP contribution in [0.1, 0.15) is 37.7 Å². The highest BCUT2D eigenvalue weighted by Crippen LogP contribution is 2.18. The van der Waals surface area contributed by atoms with Crippen LogP contribution < -0.4 is 5.32 Å². The fourth-order valence-electron chi connectivity index (χ4n) is 2.55. The summed E-state index contributed by atoms with van der Waals surface area (Å²) in [5.41, 5.74) is 0.969. The van der Waals surface area contributed by atoms with Crippen LogP contribution in [0, 0.1) is 11.3 Å². The van der Waals surface area contributed by atoms with Gasteiger partial charge in [-0.25, -0.2) is 0 Å². The molecule has 0 unspecified atom stereocenters. The number of nitriles is 1. The number of rotatable bonds is 4. The van der Waals surface area contributed by atoms with Crippen molar-refractivity contribution in [2.75, 3.05) is 0 Å². The molecule has 22 heavy (non-hydrogen) atoms. The summed E-state index contributed by atoms with van der Waals surface area (Å²) < 4.78 is 0. The van der Waals surface area contributed by atoms with Crippen LogP contribution >= 0.6 is 11.6 Å². The average molecular weight is 315 g/mol. The third-order valence-electron chi connectivity index (χ3n) is 3.69. The highest BCUT2D eigenvalue weighted by molar-refractivity contribution is 6.33. The molecule has 0 bridgehead atoms. The van der Waals surface area contributed by atoms with E-state index in [4.69, 9.17) is 11.6 Å². The molecule has 1 amide bonds. The van der Waals surface area contributed by atoms with Crippen LogP contribution in [0.2, 0.25) is 0 Å². The number of halogens is 1. The minimum atomic E-state index is -0.339. The lowest BCUT2D eigenvalue weighted by Gasteiger charge is -2.22. The Bertz CT molecular complexity index is 608. The van der Waals surface area contributed by atoms with Gasteiger partial charge in [-0.15, -0.1) is 0 Å². The summed E-state index contributed by atoms with van der Waals surface area (Å²) in [6, 6.07) is 11.6. The van der Waals surface area contributed by atoms with E-state index >= 15 is 0 Å². The molecule has 2 rings (SSSR count). The average Bonchev–Trinajstić information content (AvgIpc) is 2.54. The Labute approximate surface area is 136 Å². The molecule has 3 nitrogen and oxygen atoms in total. The molecular formula is C18H19ClN2O. The quantitative estimate of drug-likeness (QED) is 0.515. The second-order valence-corrected chi connectivity index (χ2v) is 5.85. The first kappa shape index (κ1) is 16.3. The molecule has 1 fully saturated rings. The van der Waals surface area contributed by atoms with Crippen molar-refractivity contribution < 1.29 is 4.79 Å². The van der Waals surface area contributed by atoms with Crippen LogP contribution in [-0.2, 0) is 4.79 Å². The number of hydrogen-bond acceptors (Lipinski definition) is 2. The molecule has 0 saturated heterocycles. The molecule has 1 aliphatic rings. The van der Waals surface area contributed by atoms with Crippen LogP contribution in [0.25, 0.3) is 6.08 Å². The predicted molar refractivity (Wildman–Crippen MR) is 89.0 cm³/mol. The maximum Gasteiger partial charge on any atom is 0.262 e. The Morgan fingerprint density at radius 1 is 1.23 bits per heavy atom. The van der Waals surface area contributed by atoms with Gasteiger partial charge < -0.3 is 5.32 Å². The van der Waals surface area contributed by atoms with E-state index in [1.54, 1.807) is 6.08 Å². The molecule has 114 valence electrons. The van der Waals surface area contributed by atoms with Crippen LogP contribution in [0.4, 0.5) is 0 Å². The van der Waals surface area contributed by atoms with Gasteiger partial charge in [0.05, 0.1) is 0 Å². The van der Waals surface area contributed by atoms with Gasteiger partial charge >= 0.3 is 0 Å². The molecule has 1 N–H and O–H groups in total. The van der Waals surface area contributed by atoms with Crippen molar-refractivity contribution in [1.29, 1.82) is 5.26 Å². The fourth-order valence-corrected chi connectivity index (χ4v) is 2.78. The lowest BCUT2D eigenvalue weighted by molar-refractivity contribution is -0.118. The summed E-state index contributed by atoms with van der Waals surface area (Å²) >= 11 is 6.13. The molecular weight excluding hydrogens is 296 g/mol. The van der Waals surface area contributed by atoms with E-state index < -0.39 is 0 Å². The van der Waals surface area contributed by atoms with Crippen molar-refractivity contribution in [2.24, 2.45) is 0 Å². The van der Waals surface area contributed by atoms with Crippen molar-refractivity contribution in [2.45, 2.75) is 38.1 Å². The number of nitrogens with zero attached hydrogens (tertiary/aromatic N) is 1. The second kappa shape index (κ2) is 8.41. The molecule has 1 saturated carbocycles. The van der Waals surface area contributed by atoms with Crippen molar-refractivity contribution in [3.8, 4) is 6.07 Å². The first-order chi connectivity index (χ1) is 10.7. The minimum Gasteiger partial charge on any atom is -0.349 e. The molecule has 4 heteroatoms. The van der Waals surface area contributed by atoms with Gasteiger partial charge in [0.15, 0.2) is 0 Å². The molecule has 0 heterocycles. The van der Waals surface area contributed by atoms with Crippen LogP contribution in [0.3, 0.4) is 0 Å². The predicted octanol–water partition coefficient (Wildman–Crippen LogP) is 4.17. The maximum atomic E-state index is 12.1. The number of carbonyl (C=O) groups is 1. The lowest BCUT2D eigenvalue weighted by Crippen LogP contribution is -2.36. The highest BCUT2D eigenvalue weighted by Gasteiger charge is 2.18. The standard InChI is InChI=1S/C18H19ClN2O/c19-16(11-14-7-3-1-4-8-14)12-15(13-20)18(22)21-17-9-5-2-6-10-17/h1,3-4,7-8,11-12,17H,2,5-6,9-10H2,(H,21,22)/b15-12+,16-11+. The number of carbonyl (C=O) groups excluding carboxylic acids is 1. The Balaban J connectivity index is 2.04. The van der Waals surface area contributed by atoms with Crippen molar-refractivity contribution in [3.63, 3.8) is 0 Å². The summed E-state index contributed by atoms with van der Waals surface area (Å²) in [7, 11) is 0. The van der Waals surface area contributed by atoms with E-state index in [-0.39, 0.29) is 17.5 Å². The van der Waals surface area contributed by atoms with Crippen molar-refractivity contribution >= 4 is 23.6 Å². The molecule has 0 spiro atoms. The number of amides is 1. The Morgan fingerprint density at radius 2 is 1.91 bits per heavy atom. The number of allylic oxidation sites excluding steroid dienone is 2. The van der Waals surface area contributed by atoms with E-state index in [2.05, 4.69) is 5.32 Å². The lowest BCUT2D eigenvalue weighted by atomic mass is 9.95. The zero-order valence-electron chi connectivity index (χ0n) is 12.4. The molecule has 0 atom stereocenters. The molecule has 1 aromatic carbocycles. The summed E-state index contributed by atoms with van der Waals surface area (Å²) in [4.78, 5) is 12.1. The van der Waals surface area contributed by atoms with Gasteiger partial charge in [0, 0.05) is 11.1 Å². The van der Waals surface area contributed by atoms with Gasteiger partial charge in [0.1, 0.15) is 11.6 Å². The topological polar surface area (TPSA) is 52.9 Å². The van der Waals surface area contributed by atoms with E-state index in [1.165, 1.54) is 12.5 Å². The molecule has 0 aliphatic heterocycles. The summed E-state index contributed by atoms with van der Waals surface area (Å²) in [5, 5.41) is 12.5. The normalized spacial score (nSPS) is 16.9. The SMILES string of the molecule is N#C/C(=C\C(Cl)=C/c1ccccc1)C(=O)NC1CCCCC1.